The lowest BCUT2D eigenvalue weighted by atomic mass is 10.1. The van der Waals surface area contributed by atoms with E-state index in [0.717, 1.165) is 19.0 Å². The predicted octanol–water partition coefficient (Wildman–Crippen LogP) is 3.30. The molecule has 2 rings (SSSR count). The zero-order valence-electron chi connectivity index (χ0n) is 9.50. The van der Waals surface area contributed by atoms with Gasteiger partial charge in [0.15, 0.2) is 10.8 Å². The molecule has 1 unspecified atom stereocenters. The summed E-state index contributed by atoms with van der Waals surface area (Å²) in [5, 5.41) is -0.969. The maximum absolute atomic E-state index is 12.3. The lowest BCUT2D eigenvalue weighted by molar-refractivity contribution is -0.137. The lowest BCUT2D eigenvalue weighted by Gasteiger charge is -2.06. The molecule has 0 radical (unpaired) electrons. The van der Waals surface area contributed by atoms with Crippen molar-refractivity contribution in [3.63, 3.8) is 0 Å². The molecule has 7 heteroatoms. The van der Waals surface area contributed by atoms with Crippen molar-refractivity contribution in [3.8, 4) is 0 Å². The molecule has 100 valence electrons. The Kier molecular flexibility index (Phi) is 4.01. The number of carbonyl (C=O) groups excluding carboxylic acids is 1. The second-order valence-corrected chi connectivity index (χ2v) is 5.15. The van der Waals surface area contributed by atoms with E-state index in [2.05, 4.69) is 4.98 Å². The standard InChI is InChI=1S/C11H12F3NO2S/c12-11(13,14)10-15-6-9(18-10)8(16)4-3-7-2-1-5-17-7/h6-7H,1-5H2. The van der Waals surface area contributed by atoms with Gasteiger partial charge < -0.3 is 4.74 Å². The van der Waals surface area contributed by atoms with Crippen LogP contribution in [0.3, 0.4) is 0 Å². The summed E-state index contributed by atoms with van der Waals surface area (Å²) in [6.07, 6.45) is -0.712. The maximum Gasteiger partial charge on any atom is 0.443 e. The van der Waals surface area contributed by atoms with Crippen molar-refractivity contribution in [2.75, 3.05) is 6.61 Å². The van der Waals surface area contributed by atoms with Crippen molar-refractivity contribution in [1.82, 2.24) is 4.98 Å². The van der Waals surface area contributed by atoms with E-state index in [9.17, 15) is 18.0 Å². The minimum atomic E-state index is -4.47. The van der Waals surface area contributed by atoms with Gasteiger partial charge in [0.25, 0.3) is 0 Å². The second kappa shape index (κ2) is 5.36. The molecule has 2 heterocycles. The zero-order valence-corrected chi connectivity index (χ0v) is 10.3. The third-order valence-electron chi connectivity index (χ3n) is 2.74. The van der Waals surface area contributed by atoms with Crippen LogP contribution in [0.15, 0.2) is 6.20 Å². The Labute approximate surface area is 106 Å². The topological polar surface area (TPSA) is 39.2 Å². The molecule has 0 N–H and O–H groups in total. The molecule has 0 bridgehead atoms. The molecule has 0 aromatic carbocycles. The number of hydrogen-bond acceptors (Lipinski definition) is 4. The lowest BCUT2D eigenvalue weighted by Crippen LogP contribution is -2.08. The van der Waals surface area contributed by atoms with E-state index in [1.165, 1.54) is 0 Å². The SMILES string of the molecule is O=C(CCC1CCCO1)c1cnc(C(F)(F)F)s1. The van der Waals surface area contributed by atoms with E-state index in [4.69, 9.17) is 4.74 Å². The summed E-state index contributed by atoms with van der Waals surface area (Å²) in [7, 11) is 0. The van der Waals surface area contributed by atoms with Gasteiger partial charge in [-0.1, -0.05) is 0 Å². The Morgan fingerprint density at radius 1 is 1.56 bits per heavy atom. The van der Waals surface area contributed by atoms with Crippen LogP contribution in [-0.4, -0.2) is 23.5 Å². The van der Waals surface area contributed by atoms with Crippen LogP contribution in [0.25, 0.3) is 0 Å². The molecule has 1 aromatic rings. The van der Waals surface area contributed by atoms with Gasteiger partial charge in [-0.05, 0) is 19.3 Å². The summed E-state index contributed by atoms with van der Waals surface area (Å²) >= 11 is 0.404. The molecule has 1 aliphatic rings. The van der Waals surface area contributed by atoms with Gasteiger partial charge in [0.05, 0.1) is 11.0 Å². The first kappa shape index (κ1) is 13.5. The number of halogens is 3. The van der Waals surface area contributed by atoms with E-state index in [0.29, 0.717) is 24.4 Å². The summed E-state index contributed by atoms with van der Waals surface area (Å²) in [5.74, 6) is -0.293. The number of nitrogens with zero attached hydrogens (tertiary/aromatic N) is 1. The van der Waals surface area contributed by atoms with Crippen LogP contribution < -0.4 is 0 Å². The van der Waals surface area contributed by atoms with Gasteiger partial charge in [-0.25, -0.2) is 4.98 Å². The van der Waals surface area contributed by atoms with Crippen LogP contribution in [-0.2, 0) is 10.9 Å². The Morgan fingerprint density at radius 2 is 2.33 bits per heavy atom. The van der Waals surface area contributed by atoms with Crippen molar-refractivity contribution in [2.45, 2.75) is 38.0 Å². The van der Waals surface area contributed by atoms with E-state index in [1.807, 2.05) is 0 Å². The Balaban J connectivity index is 1.90. The molecule has 18 heavy (non-hydrogen) atoms. The van der Waals surface area contributed by atoms with Crippen molar-refractivity contribution < 1.29 is 22.7 Å². The van der Waals surface area contributed by atoms with E-state index >= 15 is 0 Å². The van der Waals surface area contributed by atoms with Gasteiger partial charge in [-0.2, -0.15) is 13.2 Å². The van der Waals surface area contributed by atoms with E-state index in [-0.39, 0.29) is 23.2 Å². The highest BCUT2D eigenvalue weighted by atomic mass is 32.1. The quantitative estimate of drug-likeness (QED) is 0.794. The smallest absolute Gasteiger partial charge is 0.378 e. The first-order valence-corrected chi connectivity index (χ1v) is 6.46. The summed E-state index contributed by atoms with van der Waals surface area (Å²) in [5.41, 5.74) is 0. The van der Waals surface area contributed by atoms with Crippen molar-refractivity contribution >= 4 is 17.1 Å². The number of aromatic nitrogens is 1. The number of ketones is 1. The fraction of sp³-hybridized carbons (Fsp3) is 0.636. The molecule has 3 nitrogen and oxygen atoms in total. The normalized spacial score (nSPS) is 20.3. The molecule has 1 atom stereocenters. The molecule has 0 aliphatic carbocycles. The Bertz CT molecular complexity index is 424. The second-order valence-electron chi connectivity index (χ2n) is 4.12. The van der Waals surface area contributed by atoms with Crippen LogP contribution in [0.4, 0.5) is 13.2 Å². The van der Waals surface area contributed by atoms with Crippen molar-refractivity contribution in [3.05, 3.63) is 16.1 Å². The Hall–Kier alpha value is -0.950. The summed E-state index contributed by atoms with van der Waals surface area (Å²) in [6, 6.07) is 0. The van der Waals surface area contributed by atoms with Crippen LogP contribution in [0, 0.1) is 0 Å². The van der Waals surface area contributed by atoms with Gasteiger partial charge in [0, 0.05) is 19.2 Å². The molecular weight excluding hydrogens is 267 g/mol. The van der Waals surface area contributed by atoms with Gasteiger partial charge >= 0.3 is 6.18 Å². The van der Waals surface area contributed by atoms with Crippen LogP contribution in [0.5, 0.6) is 0 Å². The van der Waals surface area contributed by atoms with Gasteiger partial charge in [-0.15, -0.1) is 11.3 Å². The summed E-state index contributed by atoms with van der Waals surface area (Å²) in [4.78, 5) is 15.0. The molecule has 0 saturated carbocycles. The predicted molar refractivity (Wildman–Crippen MR) is 59.7 cm³/mol. The first-order valence-electron chi connectivity index (χ1n) is 5.64. The fourth-order valence-electron chi connectivity index (χ4n) is 1.82. The van der Waals surface area contributed by atoms with Gasteiger partial charge in [0.1, 0.15) is 0 Å². The number of thiazole rings is 1. The third kappa shape index (κ3) is 3.29. The van der Waals surface area contributed by atoms with Crippen LogP contribution in [0.2, 0.25) is 0 Å². The number of rotatable bonds is 4. The first-order chi connectivity index (χ1) is 8.47. The third-order valence-corrected chi connectivity index (χ3v) is 3.82. The summed E-state index contributed by atoms with van der Waals surface area (Å²) < 4.78 is 42.3. The number of hydrogen-bond donors (Lipinski definition) is 0. The average molecular weight is 279 g/mol. The Morgan fingerprint density at radius 3 is 2.89 bits per heavy atom. The molecular formula is C11H12F3NO2S. The number of alkyl halides is 3. The minimum Gasteiger partial charge on any atom is -0.378 e. The highest BCUT2D eigenvalue weighted by Gasteiger charge is 2.35. The van der Waals surface area contributed by atoms with Crippen LogP contribution >= 0.6 is 11.3 Å². The molecule has 1 aliphatic heterocycles. The van der Waals surface area contributed by atoms with E-state index in [1.54, 1.807) is 0 Å². The summed E-state index contributed by atoms with van der Waals surface area (Å²) in [6.45, 7) is 0.706. The van der Waals surface area contributed by atoms with Crippen molar-refractivity contribution in [2.24, 2.45) is 0 Å². The molecule has 1 saturated heterocycles. The van der Waals surface area contributed by atoms with Crippen molar-refractivity contribution in [1.29, 1.82) is 0 Å². The molecule has 1 fully saturated rings. The monoisotopic (exact) mass is 279 g/mol. The fourth-order valence-corrected chi connectivity index (χ4v) is 2.57. The molecule has 1 aromatic heterocycles. The average Bonchev–Trinajstić information content (AvgIpc) is 2.96. The largest absolute Gasteiger partial charge is 0.443 e. The highest BCUT2D eigenvalue weighted by Crippen LogP contribution is 2.33. The van der Waals surface area contributed by atoms with Gasteiger partial charge in [-0.3, -0.25) is 4.79 Å². The minimum absolute atomic E-state index is 0.0697. The number of ether oxygens (including phenoxy) is 1. The number of Topliss-reactive ketones (excluding diaryl/α,β-unsaturated/α-hetero) is 1. The molecule has 0 amide bonds. The zero-order chi connectivity index (χ0) is 13.2. The molecule has 0 spiro atoms. The maximum atomic E-state index is 12.3. The van der Waals surface area contributed by atoms with Gasteiger partial charge in [0.2, 0.25) is 0 Å². The highest BCUT2D eigenvalue weighted by molar-refractivity contribution is 7.13. The van der Waals surface area contributed by atoms with E-state index < -0.39 is 11.2 Å². The number of carbonyl (C=O) groups is 1. The van der Waals surface area contributed by atoms with Crippen LogP contribution in [0.1, 0.15) is 40.4 Å².